The number of benzene rings is 1. The number of nitrogens with one attached hydrogen (secondary N) is 1. The monoisotopic (exact) mass is 295 g/mol. The first-order valence-electron chi connectivity index (χ1n) is 6.07. The van der Waals surface area contributed by atoms with E-state index >= 15 is 0 Å². The van der Waals surface area contributed by atoms with E-state index in [2.05, 4.69) is 15.3 Å². The molecule has 0 aliphatic carbocycles. The molecule has 2 aromatic rings. The highest BCUT2D eigenvalue weighted by Gasteiger charge is 2.11. The smallest absolute Gasteiger partial charge is 0.133 e. The van der Waals surface area contributed by atoms with Crippen molar-refractivity contribution in [3.05, 3.63) is 39.6 Å². The summed E-state index contributed by atoms with van der Waals surface area (Å²) in [6.45, 7) is 6.73. The number of halogens is 2. The van der Waals surface area contributed by atoms with Crippen LogP contribution in [0.25, 0.3) is 11.3 Å². The molecule has 0 atom stereocenters. The summed E-state index contributed by atoms with van der Waals surface area (Å²) in [5.74, 6) is 1.58. The molecule has 100 valence electrons. The maximum absolute atomic E-state index is 6.07. The molecule has 1 aromatic carbocycles. The summed E-state index contributed by atoms with van der Waals surface area (Å²) < 4.78 is 0. The maximum Gasteiger partial charge on any atom is 0.133 e. The Labute approximate surface area is 123 Å². The maximum atomic E-state index is 6.07. The highest BCUT2D eigenvalue weighted by molar-refractivity contribution is 6.42. The molecule has 3 nitrogen and oxygen atoms in total. The molecule has 0 saturated heterocycles. The van der Waals surface area contributed by atoms with Crippen LogP contribution in [0.4, 0.5) is 5.82 Å². The largest absolute Gasteiger partial charge is 0.370 e. The van der Waals surface area contributed by atoms with Crippen LogP contribution in [-0.2, 0) is 0 Å². The molecule has 2 rings (SSSR count). The fourth-order valence-corrected chi connectivity index (χ4v) is 2.19. The first-order chi connectivity index (χ1) is 9.02. The van der Waals surface area contributed by atoms with E-state index in [4.69, 9.17) is 23.2 Å². The minimum atomic E-state index is 0.528. The van der Waals surface area contributed by atoms with Crippen molar-refractivity contribution in [3.63, 3.8) is 0 Å². The molecule has 0 radical (unpaired) electrons. The third kappa shape index (κ3) is 2.99. The van der Waals surface area contributed by atoms with Gasteiger partial charge in [-0.2, -0.15) is 0 Å². The molecule has 0 aliphatic rings. The average Bonchev–Trinajstić information content (AvgIpc) is 2.37. The molecular weight excluding hydrogens is 281 g/mol. The van der Waals surface area contributed by atoms with Gasteiger partial charge in [-0.1, -0.05) is 29.3 Å². The second kappa shape index (κ2) is 5.76. The molecule has 19 heavy (non-hydrogen) atoms. The highest BCUT2D eigenvalue weighted by atomic mass is 35.5. The van der Waals surface area contributed by atoms with Gasteiger partial charge in [-0.3, -0.25) is 0 Å². The summed E-state index contributed by atoms with van der Waals surface area (Å²) in [7, 11) is 0. The van der Waals surface area contributed by atoms with Crippen molar-refractivity contribution in [2.45, 2.75) is 20.8 Å². The molecule has 0 fully saturated rings. The first-order valence-corrected chi connectivity index (χ1v) is 6.83. The van der Waals surface area contributed by atoms with Crippen molar-refractivity contribution < 1.29 is 0 Å². The summed E-state index contributed by atoms with van der Waals surface area (Å²) in [5.41, 5.74) is 2.82. The summed E-state index contributed by atoms with van der Waals surface area (Å²) >= 11 is 12.0. The Morgan fingerprint density at radius 2 is 1.84 bits per heavy atom. The topological polar surface area (TPSA) is 37.8 Å². The predicted molar refractivity (Wildman–Crippen MR) is 81.1 cm³/mol. The van der Waals surface area contributed by atoms with Crippen LogP contribution >= 0.6 is 23.2 Å². The van der Waals surface area contributed by atoms with Gasteiger partial charge in [-0.15, -0.1) is 0 Å². The summed E-state index contributed by atoms with van der Waals surface area (Å²) in [5, 5.41) is 4.31. The molecule has 0 aliphatic heterocycles. The van der Waals surface area contributed by atoms with E-state index in [1.165, 1.54) is 0 Å². The van der Waals surface area contributed by atoms with Crippen molar-refractivity contribution in [2.75, 3.05) is 11.9 Å². The van der Waals surface area contributed by atoms with Gasteiger partial charge in [-0.25, -0.2) is 9.97 Å². The van der Waals surface area contributed by atoms with Crippen molar-refractivity contribution >= 4 is 29.0 Å². The zero-order valence-electron chi connectivity index (χ0n) is 11.1. The summed E-state index contributed by atoms with van der Waals surface area (Å²) in [6.07, 6.45) is 0. The lowest BCUT2D eigenvalue weighted by molar-refractivity contribution is 1.02. The molecule has 0 spiro atoms. The van der Waals surface area contributed by atoms with Gasteiger partial charge < -0.3 is 5.32 Å². The number of hydrogen-bond acceptors (Lipinski definition) is 3. The van der Waals surface area contributed by atoms with Gasteiger partial charge >= 0.3 is 0 Å². The average molecular weight is 296 g/mol. The minimum absolute atomic E-state index is 0.528. The molecule has 0 unspecified atom stereocenters. The lowest BCUT2D eigenvalue weighted by Crippen LogP contribution is -2.06. The molecule has 5 heteroatoms. The molecule has 1 N–H and O–H groups in total. The Morgan fingerprint density at radius 3 is 2.47 bits per heavy atom. The zero-order valence-corrected chi connectivity index (χ0v) is 12.6. The first kappa shape index (κ1) is 14.1. The highest BCUT2D eigenvalue weighted by Crippen LogP contribution is 2.31. The fourth-order valence-electron chi connectivity index (χ4n) is 1.89. The van der Waals surface area contributed by atoms with Gasteiger partial charge in [0.2, 0.25) is 0 Å². The van der Waals surface area contributed by atoms with Gasteiger partial charge in [0.05, 0.1) is 15.7 Å². The Bertz CT molecular complexity index is 612. The predicted octanol–water partition coefficient (Wildman–Crippen LogP) is 4.50. The van der Waals surface area contributed by atoms with Crippen LogP contribution in [0.5, 0.6) is 0 Å². The van der Waals surface area contributed by atoms with Crippen LogP contribution in [0.2, 0.25) is 10.0 Å². The third-order valence-electron chi connectivity index (χ3n) is 2.79. The van der Waals surface area contributed by atoms with Gasteiger partial charge in [0, 0.05) is 17.7 Å². The molecule has 1 heterocycles. The Morgan fingerprint density at radius 1 is 1.11 bits per heavy atom. The van der Waals surface area contributed by atoms with Gasteiger partial charge in [0.25, 0.3) is 0 Å². The number of rotatable bonds is 3. The molecule has 1 aromatic heterocycles. The van der Waals surface area contributed by atoms with Crippen molar-refractivity contribution in [3.8, 4) is 11.3 Å². The van der Waals surface area contributed by atoms with E-state index in [1.807, 2.05) is 32.9 Å². The van der Waals surface area contributed by atoms with E-state index in [0.717, 1.165) is 35.0 Å². The number of anilines is 1. The SMILES string of the molecule is CCNc1nc(C)nc(-c2ccc(Cl)c(Cl)c2)c1C. The molecular formula is C14H15Cl2N3. The van der Waals surface area contributed by atoms with Crippen molar-refractivity contribution in [1.82, 2.24) is 9.97 Å². The molecule has 0 saturated carbocycles. The quantitative estimate of drug-likeness (QED) is 0.906. The minimum Gasteiger partial charge on any atom is -0.370 e. The van der Waals surface area contributed by atoms with E-state index < -0.39 is 0 Å². The van der Waals surface area contributed by atoms with Crippen LogP contribution in [-0.4, -0.2) is 16.5 Å². The summed E-state index contributed by atoms with van der Waals surface area (Å²) in [4.78, 5) is 8.91. The summed E-state index contributed by atoms with van der Waals surface area (Å²) in [6, 6.07) is 5.52. The van der Waals surface area contributed by atoms with E-state index in [1.54, 1.807) is 6.07 Å². The lowest BCUT2D eigenvalue weighted by atomic mass is 10.1. The van der Waals surface area contributed by atoms with Crippen LogP contribution in [0.3, 0.4) is 0 Å². The van der Waals surface area contributed by atoms with Crippen molar-refractivity contribution in [2.24, 2.45) is 0 Å². The molecule has 0 amide bonds. The fraction of sp³-hybridized carbons (Fsp3) is 0.286. The number of aromatic nitrogens is 2. The van der Waals surface area contributed by atoms with E-state index in [9.17, 15) is 0 Å². The zero-order chi connectivity index (χ0) is 14.0. The number of aryl methyl sites for hydroxylation is 1. The van der Waals surface area contributed by atoms with Gasteiger partial charge in [-0.05, 0) is 32.9 Å². The van der Waals surface area contributed by atoms with Crippen LogP contribution in [0.15, 0.2) is 18.2 Å². The third-order valence-corrected chi connectivity index (χ3v) is 3.53. The number of hydrogen-bond donors (Lipinski definition) is 1. The van der Waals surface area contributed by atoms with Crippen LogP contribution < -0.4 is 5.32 Å². The Kier molecular flexibility index (Phi) is 4.27. The molecule has 0 bridgehead atoms. The van der Waals surface area contributed by atoms with Crippen LogP contribution in [0.1, 0.15) is 18.3 Å². The number of nitrogens with zero attached hydrogens (tertiary/aromatic N) is 2. The van der Waals surface area contributed by atoms with Crippen LogP contribution in [0, 0.1) is 13.8 Å². The van der Waals surface area contributed by atoms with Gasteiger partial charge in [0.15, 0.2) is 0 Å². The van der Waals surface area contributed by atoms with Crippen molar-refractivity contribution in [1.29, 1.82) is 0 Å². The second-order valence-electron chi connectivity index (χ2n) is 4.25. The standard InChI is InChI=1S/C14H15Cl2N3/c1-4-17-14-8(2)13(18-9(3)19-14)10-5-6-11(15)12(16)7-10/h5-7H,4H2,1-3H3,(H,17,18,19). The Hall–Kier alpha value is -1.32. The van der Waals surface area contributed by atoms with E-state index in [-0.39, 0.29) is 0 Å². The Balaban J connectivity index is 2.57. The van der Waals surface area contributed by atoms with E-state index in [0.29, 0.717) is 10.0 Å². The van der Waals surface area contributed by atoms with Gasteiger partial charge in [0.1, 0.15) is 11.6 Å². The second-order valence-corrected chi connectivity index (χ2v) is 5.07. The normalized spacial score (nSPS) is 10.6. The lowest BCUT2D eigenvalue weighted by Gasteiger charge is -2.12.